The number of amides is 1. The number of carbonyl (C=O) groups is 1. The summed E-state index contributed by atoms with van der Waals surface area (Å²) in [5, 5.41) is 23.0. The van der Waals surface area contributed by atoms with E-state index in [2.05, 4.69) is 12.2 Å². The quantitative estimate of drug-likeness (QED) is 0.718. The normalized spacial score (nSPS) is 23.5. The second-order valence-corrected chi connectivity index (χ2v) is 7.17. The van der Waals surface area contributed by atoms with E-state index in [-0.39, 0.29) is 18.4 Å². The van der Waals surface area contributed by atoms with E-state index in [4.69, 9.17) is 0 Å². The van der Waals surface area contributed by atoms with Gasteiger partial charge in [-0.25, -0.2) is 0 Å². The van der Waals surface area contributed by atoms with E-state index in [9.17, 15) is 15.0 Å². The molecule has 1 saturated carbocycles. The van der Waals surface area contributed by atoms with Crippen LogP contribution >= 0.6 is 0 Å². The summed E-state index contributed by atoms with van der Waals surface area (Å²) in [5.74, 6) is 0.615. The maximum absolute atomic E-state index is 12.6. The molecule has 1 aromatic rings. The van der Waals surface area contributed by atoms with Crippen LogP contribution in [-0.2, 0) is 4.79 Å². The van der Waals surface area contributed by atoms with Gasteiger partial charge in [0.25, 0.3) is 0 Å². The lowest BCUT2D eigenvalue weighted by atomic mass is 9.79. The number of benzene rings is 1. The molecule has 1 aliphatic carbocycles. The summed E-state index contributed by atoms with van der Waals surface area (Å²) in [6.45, 7) is 3.90. The summed E-state index contributed by atoms with van der Waals surface area (Å²) in [6.07, 6.45) is 5.59. The van der Waals surface area contributed by atoms with Crippen molar-refractivity contribution in [3.8, 4) is 0 Å². The van der Waals surface area contributed by atoms with Crippen LogP contribution < -0.4 is 5.32 Å². The second kappa shape index (κ2) is 9.19. The predicted octanol–water partition coefficient (Wildman–Crippen LogP) is 3.11. The molecule has 1 fully saturated rings. The number of hydrogen-bond donors (Lipinski definition) is 3. The zero-order valence-corrected chi connectivity index (χ0v) is 14.9. The summed E-state index contributed by atoms with van der Waals surface area (Å²) in [7, 11) is 0. The molecule has 0 saturated heterocycles. The van der Waals surface area contributed by atoms with Crippen molar-refractivity contribution in [2.45, 2.75) is 64.5 Å². The highest BCUT2D eigenvalue weighted by Gasteiger charge is 2.30. The van der Waals surface area contributed by atoms with E-state index in [1.807, 2.05) is 31.2 Å². The van der Waals surface area contributed by atoms with Gasteiger partial charge in [-0.1, -0.05) is 62.4 Å². The van der Waals surface area contributed by atoms with E-state index in [0.717, 1.165) is 31.2 Å². The third-order valence-electron chi connectivity index (χ3n) is 5.17. The van der Waals surface area contributed by atoms with E-state index in [0.29, 0.717) is 11.5 Å². The molecule has 0 spiro atoms. The Morgan fingerprint density at radius 3 is 2.62 bits per heavy atom. The molecule has 4 heteroatoms. The van der Waals surface area contributed by atoms with E-state index in [1.54, 1.807) is 0 Å². The summed E-state index contributed by atoms with van der Waals surface area (Å²) >= 11 is 0. The van der Waals surface area contributed by atoms with Crippen LogP contribution in [0.1, 0.15) is 62.7 Å². The average molecular weight is 333 g/mol. The van der Waals surface area contributed by atoms with E-state index in [1.165, 1.54) is 12.8 Å². The first-order valence-electron chi connectivity index (χ1n) is 9.21. The van der Waals surface area contributed by atoms with Gasteiger partial charge in [0.15, 0.2) is 0 Å². The molecule has 1 aromatic carbocycles. The molecule has 2 rings (SSSR count). The van der Waals surface area contributed by atoms with Crippen molar-refractivity contribution < 1.29 is 15.0 Å². The molecule has 4 atom stereocenters. The monoisotopic (exact) mass is 333 g/mol. The van der Waals surface area contributed by atoms with Crippen LogP contribution in [0.4, 0.5) is 0 Å². The van der Waals surface area contributed by atoms with Crippen LogP contribution in [0, 0.1) is 18.8 Å². The van der Waals surface area contributed by atoms with Crippen LogP contribution in [0.5, 0.6) is 0 Å². The van der Waals surface area contributed by atoms with E-state index < -0.39 is 12.1 Å². The lowest BCUT2D eigenvalue weighted by molar-refractivity contribution is -0.128. The molecule has 24 heavy (non-hydrogen) atoms. The van der Waals surface area contributed by atoms with Crippen LogP contribution in [0.25, 0.3) is 0 Å². The summed E-state index contributed by atoms with van der Waals surface area (Å²) in [6, 6.07) is 6.86. The summed E-state index contributed by atoms with van der Waals surface area (Å²) < 4.78 is 0. The Kier molecular flexibility index (Phi) is 7.25. The molecule has 1 amide bonds. The standard InChI is InChI=1S/C20H31NO3/c1-3-5-15-6-4-7-17(12-15)20(24)21-18(13-22)19(23)16-10-8-14(2)9-11-16/h8-11,15,17-19,22-23H,3-7,12-13H2,1-2H3,(H,21,24)/t15-,17+,18-,19-/m0/s1. The first kappa shape index (κ1) is 18.9. The summed E-state index contributed by atoms with van der Waals surface area (Å²) in [4.78, 5) is 12.6. The zero-order chi connectivity index (χ0) is 17.5. The fourth-order valence-corrected chi connectivity index (χ4v) is 3.72. The Balaban J connectivity index is 1.95. The molecule has 0 aliphatic heterocycles. The van der Waals surface area contributed by atoms with Gasteiger partial charge in [0.1, 0.15) is 6.10 Å². The Labute approximate surface area is 145 Å². The first-order chi connectivity index (χ1) is 11.5. The number of nitrogens with one attached hydrogen (secondary N) is 1. The van der Waals surface area contributed by atoms with Gasteiger partial charge < -0.3 is 15.5 Å². The highest BCUT2D eigenvalue weighted by molar-refractivity contribution is 5.79. The van der Waals surface area contributed by atoms with Gasteiger partial charge >= 0.3 is 0 Å². The molecular formula is C20H31NO3. The Morgan fingerprint density at radius 1 is 1.29 bits per heavy atom. The van der Waals surface area contributed by atoms with Gasteiger partial charge in [-0.15, -0.1) is 0 Å². The smallest absolute Gasteiger partial charge is 0.223 e. The fraction of sp³-hybridized carbons (Fsp3) is 0.650. The fourth-order valence-electron chi connectivity index (χ4n) is 3.72. The lowest BCUT2D eigenvalue weighted by Gasteiger charge is -2.30. The number of hydrogen-bond acceptors (Lipinski definition) is 3. The maximum atomic E-state index is 12.6. The number of carbonyl (C=O) groups excluding carboxylic acids is 1. The van der Waals surface area contributed by atoms with Gasteiger partial charge in [-0.3, -0.25) is 4.79 Å². The number of aliphatic hydroxyl groups excluding tert-OH is 2. The Hall–Kier alpha value is -1.39. The molecule has 0 radical (unpaired) electrons. The molecule has 3 N–H and O–H groups in total. The lowest BCUT2D eigenvalue weighted by Crippen LogP contribution is -2.45. The molecule has 4 nitrogen and oxygen atoms in total. The highest BCUT2D eigenvalue weighted by Crippen LogP contribution is 2.32. The first-order valence-corrected chi connectivity index (χ1v) is 9.21. The Bertz CT molecular complexity index is 512. The molecule has 0 unspecified atom stereocenters. The minimum Gasteiger partial charge on any atom is -0.394 e. The van der Waals surface area contributed by atoms with Crippen molar-refractivity contribution in [3.05, 3.63) is 35.4 Å². The third-order valence-corrected chi connectivity index (χ3v) is 5.17. The SMILES string of the molecule is CCC[C@H]1CCC[C@@H](C(=O)N[C@@H](CO)[C@@H](O)c2ccc(C)cc2)C1. The molecule has 1 aliphatic rings. The van der Waals surface area contributed by atoms with Crippen LogP contribution in [-0.4, -0.2) is 28.8 Å². The molecular weight excluding hydrogens is 302 g/mol. The maximum Gasteiger partial charge on any atom is 0.223 e. The third kappa shape index (κ3) is 5.05. The zero-order valence-electron chi connectivity index (χ0n) is 14.9. The van der Waals surface area contributed by atoms with Gasteiger partial charge in [-0.05, 0) is 31.2 Å². The Morgan fingerprint density at radius 2 is 2.00 bits per heavy atom. The van der Waals surface area contributed by atoms with Crippen molar-refractivity contribution >= 4 is 5.91 Å². The van der Waals surface area contributed by atoms with Crippen LogP contribution in [0.15, 0.2) is 24.3 Å². The van der Waals surface area contributed by atoms with Crippen molar-refractivity contribution in [1.82, 2.24) is 5.32 Å². The second-order valence-electron chi connectivity index (χ2n) is 7.17. The van der Waals surface area contributed by atoms with Gasteiger partial charge in [0.2, 0.25) is 5.91 Å². The number of rotatable bonds is 7. The number of aliphatic hydroxyl groups is 2. The predicted molar refractivity (Wildman–Crippen MR) is 95.5 cm³/mol. The van der Waals surface area contributed by atoms with E-state index >= 15 is 0 Å². The van der Waals surface area contributed by atoms with Crippen molar-refractivity contribution in [2.75, 3.05) is 6.61 Å². The average Bonchev–Trinajstić information content (AvgIpc) is 2.60. The minimum absolute atomic E-state index is 0.00886. The van der Waals surface area contributed by atoms with Crippen LogP contribution in [0.2, 0.25) is 0 Å². The number of aryl methyl sites for hydroxylation is 1. The molecule has 0 bridgehead atoms. The molecule has 0 aromatic heterocycles. The minimum atomic E-state index is -0.894. The van der Waals surface area contributed by atoms with Crippen LogP contribution in [0.3, 0.4) is 0 Å². The van der Waals surface area contributed by atoms with Gasteiger partial charge in [0, 0.05) is 5.92 Å². The highest BCUT2D eigenvalue weighted by atomic mass is 16.3. The van der Waals surface area contributed by atoms with Gasteiger partial charge in [-0.2, -0.15) is 0 Å². The summed E-state index contributed by atoms with van der Waals surface area (Å²) in [5.41, 5.74) is 1.83. The van der Waals surface area contributed by atoms with Gasteiger partial charge in [0.05, 0.1) is 12.6 Å². The van der Waals surface area contributed by atoms with Crippen molar-refractivity contribution in [1.29, 1.82) is 0 Å². The largest absolute Gasteiger partial charge is 0.394 e. The molecule has 0 heterocycles. The van der Waals surface area contributed by atoms with Crippen molar-refractivity contribution in [3.63, 3.8) is 0 Å². The topological polar surface area (TPSA) is 69.6 Å². The van der Waals surface area contributed by atoms with Crippen molar-refractivity contribution in [2.24, 2.45) is 11.8 Å². The molecule has 134 valence electrons.